The Labute approximate surface area is 83.4 Å². The van der Waals surface area contributed by atoms with E-state index >= 15 is 0 Å². The van der Waals surface area contributed by atoms with Gasteiger partial charge in [-0.15, -0.1) is 5.10 Å². The van der Waals surface area contributed by atoms with Crippen LogP contribution in [-0.2, 0) is 11.3 Å². The molecule has 1 heterocycles. The van der Waals surface area contributed by atoms with Gasteiger partial charge >= 0.3 is 0 Å². The molecule has 0 radical (unpaired) electrons. The first-order chi connectivity index (χ1) is 6.65. The molecule has 0 aliphatic heterocycles. The second-order valence-corrected chi connectivity index (χ2v) is 3.27. The maximum Gasteiger partial charge on any atom is 0.167 e. The lowest BCUT2D eigenvalue weighted by molar-refractivity contribution is 0.0601. The molecule has 6 heteroatoms. The molecule has 0 saturated carbocycles. The van der Waals surface area contributed by atoms with Crippen molar-refractivity contribution >= 4 is 0 Å². The van der Waals surface area contributed by atoms with E-state index in [4.69, 9.17) is 10.5 Å². The molecular weight excluding hydrogens is 182 g/mol. The van der Waals surface area contributed by atoms with Gasteiger partial charge in [-0.25, -0.2) is 4.68 Å². The summed E-state index contributed by atoms with van der Waals surface area (Å²) >= 11 is 0. The molecule has 2 N–H and O–H groups in total. The van der Waals surface area contributed by atoms with Crippen LogP contribution in [0.1, 0.15) is 32.6 Å². The van der Waals surface area contributed by atoms with Crippen molar-refractivity contribution in [1.29, 1.82) is 0 Å². The molecule has 0 bridgehead atoms. The topological polar surface area (TPSA) is 78.8 Å². The third kappa shape index (κ3) is 2.74. The number of ether oxygens (including phenoxy) is 1. The largest absolute Gasteiger partial charge is 0.377 e. The van der Waals surface area contributed by atoms with E-state index in [1.165, 1.54) is 0 Å². The number of rotatable bonds is 5. The first-order valence-corrected chi connectivity index (χ1v) is 4.78. The molecule has 0 spiro atoms. The summed E-state index contributed by atoms with van der Waals surface area (Å²) < 4.78 is 7.08. The first kappa shape index (κ1) is 11.1. The van der Waals surface area contributed by atoms with Gasteiger partial charge in [-0.3, -0.25) is 0 Å². The summed E-state index contributed by atoms with van der Waals surface area (Å²) in [5.74, 6) is 0.691. The molecule has 0 aliphatic rings. The van der Waals surface area contributed by atoms with Crippen molar-refractivity contribution in [3.63, 3.8) is 0 Å². The highest BCUT2D eigenvalue weighted by atomic mass is 16.5. The fourth-order valence-electron chi connectivity index (χ4n) is 1.25. The number of nitrogens with two attached hydrogens (primary N) is 1. The van der Waals surface area contributed by atoms with Gasteiger partial charge in [0.25, 0.3) is 0 Å². The average molecular weight is 199 g/mol. The quantitative estimate of drug-likeness (QED) is 0.728. The van der Waals surface area contributed by atoms with Crippen LogP contribution < -0.4 is 5.73 Å². The van der Waals surface area contributed by atoms with Crippen molar-refractivity contribution in [1.82, 2.24) is 20.2 Å². The van der Waals surface area contributed by atoms with E-state index in [1.54, 1.807) is 4.68 Å². The smallest absolute Gasteiger partial charge is 0.167 e. The molecular formula is C8H17N5O. The Morgan fingerprint density at radius 3 is 2.79 bits per heavy atom. The van der Waals surface area contributed by atoms with E-state index in [9.17, 15) is 0 Å². The van der Waals surface area contributed by atoms with E-state index in [1.807, 2.05) is 20.8 Å². The molecule has 2 unspecified atom stereocenters. The Morgan fingerprint density at radius 1 is 1.50 bits per heavy atom. The molecule has 0 saturated heterocycles. The zero-order chi connectivity index (χ0) is 10.6. The fraction of sp³-hybridized carbons (Fsp3) is 0.875. The Kier molecular flexibility index (Phi) is 3.97. The number of hydrogen-bond donors (Lipinski definition) is 1. The lowest BCUT2D eigenvalue weighted by Crippen LogP contribution is -2.22. The normalized spacial score (nSPS) is 15.4. The molecule has 80 valence electrons. The lowest BCUT2D eigenvalue weighted by atomic mass is 10.3. The number of aromatic nitrogens is 4. The highest BCUT2D eigenvalue weighted by Crippen LogP contribution is 2.05. The van der Waals surface area contributed by atoms with Crippen LogP contribution in [0.2, 0.25) is 0 Å². The summed E-state index contributed by atoms with van der Waals surface area (Å²) in [6, 6.07) is -0.154. The molecule has 1 rings (SSSR count). The summed E-state index contributed by atoms with van der Waals surface area (Å²) in [5.41, 5.74) is 5.70. The summed E-state index contributed by atoms with van der Waals surface area (Å²) in [5, 5.41) is 11.3. The van der Waals surface area contributed by atoms with Crippen molar-refractivity contribution in [3.8, 4) is 0 Å². The summed E-state index contributed by atoms with van der Waals surface area (Å²) in [7, 11) is 0. The van der Waals surface area contributed by atoms with E-state index in [2.05, 4.69) is 15.5 Å². The van der Waals surface area contributed by atoms with E-state index in [0.717, 1.165) is 0 Å². The third-order valence-corrected chi connectivity index (χ3v) is 1.85. The highest BCUT2D eigenvalue weighted by molar-refractivity contribution is 4.87. The van der Waals surface area contributed by atoms with Crippen LogP contribution in [0.5, 0.6) is 0 Å². The van der Waals surface area contributed by atoms with Gasteiger partial charge in [0.2, 0.25) is 0 Å². The molecule has 2 atom stereocenters. The molecule has 0 aliphatic carbocycles. The molecule has 1 aromatic rings. The summed E-state index contributed by atoms with van der Waals surface area (Å²) in [6.45, 7) is 7.13. The second kappa shape index (κ2) is 5.02. The van der Waals surface area contributed by atoms with Crippen LogP contribution in [0.3, 0.4) is 0 Å². The van der Waals surface area contributed by atoms with Crippen molar-refractivity contribution in [2.75, 3.05) is 6.61 Å². The zero-order valence-corrected chi connectivity index (χ0v) is 8.84. The highest BCUT2D eigenvalue weighted by Gasteiger charge is 2.12. The molecule has 14 heavy (non-hydrogen) atoms. The van der Waals surface area contributed by atoms with Gasteiger partial charge in [0.1, 0.15) is 0 Å². The van der Waals surface area contributed by atoms with Crippen molar-refractivity contribution < 1.29 is 4.74 Å². The van der Waals surface area contributed by atoms with Crippen molar-refractivity contribution in [2.24, 2.45) is 5.73 Å². The van der Waals surface area contributed by atoms with Crippen molar-refractivity contribution in [3.05, 3.63) is 5.82 Å². The van der Waals surface area contributed by atoms with Crippen LogP contribution in [0.25, 0.3) is 0 Å². The molecule has 6 nitrogen and oxygen atoms in total. The van der Waals surface area contributed by atoms with Crippen LogP contribution in [0.4, 0.5) is 0 Å². The van der Waals surface area contributed by atoms with E-state index < -0.39 is 0 Å². The lowest BCUT2D eigenvalue weighted by Gasteiger charge is -2.12. The number of nitrogens with zero attached hydrogens (tertiary/aromatic N) is 4. The van der Waals surface area contributed by atoms with Gasteiger partial charge < -0.3 is 10.5 Å². The van der Waals surface area contributed by atoms with E-state index in [0.29, 0.717) is 19.0 Å². The fourth-order valence-corrected chi connectivity index (χ4v) is 1.25. The molecule has 1 aromatic heterocycles. The van der Waals surface area contributed by atoms with Crippen LogP contribution >= 0.6 is 0 Å². The standard InChI is InChI=1S/C8H17N5O/c1-4-14-6(2)5-13-8(7(3)9)10-11-12-13/h6-7H,4-5,9H2,1-3H3. The zero-order valence-electron chi connectivity index (χ0n) is 8.84. The van der Waals surface area contributed by atoms with Crippen LogP contribution in [0.15, 0.2) is 0 Å². The maximum absolute atomic E-state index is 5.70. The second-order valence-electron chi connectivity index (χ2n) is 3.27. The van der Waals surface area contributed by atoms with Crippen molar-refractivity contribution in [2.45, 2.75) is 39.5 Å². The number of hydrogen-bond acceptors (Lipinski definition) is 5. The Balaban J connectivity index is 2.61. The Hall–Kier alpha value is -1.01. The average Bonchev–Trinajstić information content (AvgIpc) is 2.52. The van der Waals surface area contributed by atoms with Crippen LogP contribution in [-0.4, -0.2) is 32.9 Å². The SMILES string of the molecule is CCOC(C)Cn1nnnc1C(C)N. The Morgan fingerprint density at radius 2 is 2.21 bits per heavy atom. The third-order valence-electron chi connectivity index (χ3n) is 1.85. The van der Waals surface area contributed by atoms with E-state index in [-0.39, 0.29) is 12.1 Å². The van der Waals surface area contributed by atoms with Gasteiger partial charge in [0, 0.05) is 6.61 Å². The summed E-state index contributed by atoms with van der Waals surface area (Å²) in [4.78, 5) is 0. The Bertz CT molecular complexity index is 272. The first-order valence-electron chi connectivity index (χ1n) is 4.78. The molecule has 0 amide bonds. The van der Waals surface area contributed by atoms with Gasteiger partial charge in [-0.05, 0) is 31.2 Å². The minimum Gasteiger partial charge on any atom is -0.377 e. The predicted molar refractivity (Wildman–Crippen MR) is 51.5 cm³/mol. The van der Waals surface area contributed by atoms with Crippen LogP contribution in [0, 0.1) is 0 Å². The number of tetrazole rings is 1. The monoisotopic (exact) mass is 199 g/mol. The molecule has 0 fully saturated rings. The van der Waals surface area contributed by atoms with Gasteiger partial charge in [-0.2, -0.15) is 0 Å². The maximum atomic E-state index is 5.70. The summed E-state index contributed by atoms with van der Waals surface area (Å²) in [6.07, 6.45) is 0.0981. The van der Waals surface area contributed by atoms with Gasteiger partial charge in [0.15, 0.2) is 5.82 Å². The minimum atomic E-state index is -0.154. The predicted octanol–water partition coefficient (Wildman–Crippen LogP) is 0.118. The van der Waals surface area contributed by atoms with Gasteiger partial charge in [0.05, 0.1) is 18.7 Å². The minimum absolute atomic E-state index is 0.0981. The van der Waals surface area contributed by atoms with Gasteiger partial charge in [-0.1, -0.05) is 0 Å². The molecule has 0 aromatic carbocycles.